The summed E-state index contributed by atoms with van der Waals surface area (Å²) in [6, 6.07) is 17.8. The molecule has 2 aromatic carbocycles. The number of carbonyl (C=O) groups excluding carboxylic acids is 1. The molecule has 3 aromatic rings. The Hall–Kier alpha value is -3.80. The van der Waals surface area contributed by atoms with E-state index in [0.29, 0.717) is 43.2 Å². The van der Waals surface area contributed by atoms with Crippen LogP contribution in [0.15, 0.2) is 54.7 Å². The van der Waals surface area contributed by atoms with Gasteiger partial charge in [-0.2, -0.15) is 5.26 Å². The van der Waals surface area contributed by atoms with Crippen LogP contribution in [-0.4, -0.2) is 52.4 Å². The minimum Gasteiger partial charge on any atom is -0.489 e. The van der Waals surface area contributed by atoms with Crippen LogP contribution in [0.5, 0.6) is 5.75 Å². The largest absolute Gasteiger partial charge is 0.489 e. The summed E-state index contributed by atoms with van der Waals surface area (Å²) in [6.07, 6.45) is 7.16. The second kappa shape index (κ2) is 12.8. The minimum absolute atomic E-state index is 0.00401. The van der Waals surface area contributed by atoms with Gasteiger partial charge in [0.15, 0.2) is 0 Å². The van der Waals surface area contributed by atoms with Gasteiger partial charge in [-0.15, -0.1) is 0 Å². The van der Waals surface area contributed by atoms with Crippen LogP contribution in [0.2, 0.25) is 0 Å². The number of nitriles is 1. The SMILES string of the molecule is N#Cc1cc(-c2ccnc(Cc3cccc(CC(=O)NC4CCC(O)CC4)c3)n2)ccc1OC1CCOCC1. The number of benzene rings is 2. The summed E-state index contributed by atoms with van der Waals surface area (Å²) < 4.78 is 11.5. The maximum atomic E-state index is 12.6. The Morgan fingerprint density at radius 1 is 1.05 bits per heavy atom. The van der Waals surface area contributed by atoms with E-state index in [4.69, 9.17) is 14.5 Å². The van der Waals surface area contributed by atoms with Gasteiger partial charge in [-0.3, -0.25) is 4.79 Å². The molecule has 5 rings (SSSR count). The van der Waals surface area contributed by atoms with Crippen LogP contribution in [0.25, 0.3) is 11.3 Å². The Bertz CT molecular complexity index is 1320. The van der Waals surface area contributed by atoms with Crippen molar-refractivity contribution in [3.8, 4) is 23.1 Å². The number of nitrogens with zero attached hydrogens (tertiary/aromatic N) is 3. The van der Waals surface area contributed by atoms with Crippen LogP contribution in [0, 0.1) is 11.3 Å². The standard InChI is InChI=1S/C31H34N4O4/c32-20-24-19-23(4-9-29(24)39-27-11-14-38-15-12-27)28-10-13-33-30(35-28)17-21-2-1-3-22(16-21)18-31(37)34-25-5-7-26(36)8-6-25/h1-4,9-10,13,16,19,25-27,36H,5-8,11-12,14-15,17-18H2,(H,34,37). The van der Waals surface area contributed by atoms with Crippen LogP contribution in [0.1, 0.15) is 61.0 Å². The van der Waals surface area contributed by atoms with Crippen LogP contribution in [0.4, 0.5) is 0 Å². The van der Waals surface area contributed by atoms with Crippen LogP contribution in [-0.2, 0) is 22.4 Å². The lowest BCUT2D eigenvalue weighted by molar-refractivity contribution is -0.121. The molecule has 1 aromatic heterocycles. The summed E-state index contributed by atoms with van der Waals surface area (Å²) in [5.74, 6) is 1.25. The molecule has 39 heavy (non-hydrogen) atoms. The first-order valence-electron chi connectivity index (χ1n) is 13.7. The highest BCUT2D eigenvalue weighted by molar-refractivity contribution is 5.79. The molecule has 1 saturated heterocycles. The Labute approximate surface area is 229 Å². The molecule has 0 spiro atoms. The van der Waals surface area contributed by atoms with Gasteiger partial charge in [0.1, 0.15) is 23.7 Å². The summed E-state index contributed by atoms with van der Waals surface area (Å²) in [6.45, 7) is 1.35. The van der Waals surface area contributed by atoms with Gasteiger partial charge >= 0.3 is 0 Å². The molecule has 0 unspecified atom stereocenters. The monoisotopic (exact) mass is 526 g/mol. The molecule has 8 heteroatoms. The fourth-order valence-corrected chi connectivity index (χ4v) is 5.21. The summed E-state index contributed by atoms with van der Waals surface area (Å²) in [4.78, 5) is 21.8. The van der Waals surface area contributed by atoms with E-state index < -0.39 is 0 Å². The quantitative estimate of drug-likeness (QED) is 0.453. The maximum absolute atomic E-state index is 12.6. The summed E-state index contributed by atoms with van der Waals surface area (Å²) >= 11 is 0. The molecule has 2 heterocycles. The minimum atomic E-state index is -0.237. The third kappa shape index (κ3) is 7.41. The molecule has 2 aliphatic rings. The molecular formula is C31H34N4O4. The van der Waals surface area contributed by atoms with Gasteiger partial charge in [0.05, 0.1) is 37.0 Å². The predicted octanol–water partition coefficient (Wildman–Crippen LogP) is 4.13. The number of carbonyl (C=O) groups is 1. The highest BCUT2D eigenvalue weighted by Gasteiger charge is 2.21. The van der Waals surface area contributed by atoms with Gasteiger partial charge in [0.2, 0.25) is 5.91 Å². The summed E-state index contributed by atoms with van der Waals surface area (Å²) in [5.41, 5.74) is 4.01. The van der Waals surface area contributed by atoms with E-state index in [-0.39, 0.29) is 24.2 Å². The fourth-order valence-electron chi connectivity index (χ4n) is 5.21. The van der Waals surface area contributed by atoms with Crippen molar-refractivity contribution in [1.29, 1.82) is 5.26 Å². The Kier molecular flexibility index (Phi) is 8.82. The predicted molar refractivity (Wildman–Crippen MR) is 146 cm³/mol. The molecule has 1 aliphatic carbocycles. The molecule has 0 bridgehead atoms. The fraction of sp³-hybridized carbons (Fsp3) is 0.419. The topological polar surface area (TPSA) is 117 Å². The number of nitrogens with one attached hydrogen (secondary N) is 1. The third-order valence-electron chi connectivity index (χ3n) is 7.34. The van der Waals surface area contributed by atoms with Crippen molar-refractivity contribution < 1.29 is 19.4 Å². The van der Waals surface area contributed by atoms with Crippen molar-refractivity contribution in [3.63, 3.8) is 0 Å². The first kappa shape index (κ1) is 26.8. The molecular weight excluding hydrogens is 492 g/mol. The van der Waals surface area contributed by atoms with Crippen LogP contribution in [0.3, 0.4) is 0 Å². The molecule has 8 nitrogen and oxygen atoms in total. The van der Waals surface area contributed by atoms with Crippen molar-refractivity contribution in [2.24, 2.45) is 0 Å². The van der Waals surface area contributed by atoms with Crippen LogP contribution >= 0.6 is 0 Å². The lowest BCUT2D eigenvalue weighted by Gasteiger charge is -2.26. The van der Waals surface area contributed by atoms with Gasteiger partial charge in [0.25, 0.3) is 0 Å². The van der Waals surface area contributed by atoms with Crippen molar-refractivity contribution in [2.45, 2.75) is 69.6 Å². The van der Waals surface area contributed by atoms with E-state index in [1.54, 1.807) is 6.20 Å². The average Bonchev–Trinajstić information content (AvgIpc) is 2.95. The van der Waals surface area contributed by atoms with Gasteiger partial charge in [-0.05, 0) is 61.1 Å². The molecule has 2 N–H and O–H groups in total. The lowest BCUT2D eigenvalue weighted by atomic mass is 9.93. The number of aliphatic hydroxyl groups is 1. The normalized spacial score (nSPS) is 19.7. The molecule has 0 radical (unpaired) electrons. The average molecular weight is 527 g/mol. The van der Waals surface area contributed by atoms with Gasteiger partial charge in [-0.1, -0.05) is 24.3 Å². The third-order valence-corrected chi connectivity index (χ3v) is 7.34. The van der Waals surface area contributed by atoms with Crippen molar-refractivity contribution in [3.05, 3.63) is 77.2 Å². The number of hydrogen-bond acceptors (Lipinski definition) is 7. The number of aliphatic hydroxyl groups excluding tert-OH is 1. The second-order valence-corrected chi connectivity index (χ2v) is 10.4. The highest BCUT2D eigenvalue weighted by Crippen LogP contribution is 2.28. The highest BCUT2D eigenvalue weighted by atomic mass is 16.5. The lowest BCUT2D eigenvalue weighted by Crippen LogP contribution is -2.39. The number of amides is 1. The first-order valence-corrected chi connectivity index (χ1v) is 13.7. The van der Waals surface area contributed by atoms with E-state index in [2.05, 4.69) is 16.4 Å². The zero-order chi connectivity index (χ0) is 27.0. The van der Waals surface area contributed by atoms with E-state index in [9.17, 15) is 15.2 Å². The summed E-state index contributed by atoms with van der Waals surface area (Å²) in [7, 11) is 0. The molecule has 202 valence electrons. The van der Waals surface area contributed by atoms with E-state index in [1.807, 2.05) is 48.5 Å². The second-order valence-electron chi connectivity index (χ2n) is 10.4. The first-order chi connectivity index (χ1) is 19.1. The molecule has 1 amide bonds. The summed E-state index contributed by atoms with van der Waals surface area (Å²) in [5, 5.41) is 22.5. The van der Waals surface area contributed by atoms with Crippen molar-refractivity contribution in [1.82, 2.24) is 15.3 Å². The number of rotatable bonds is 8. The van der Waals surface area contributed by atoms with Gasteiger partial charge in [0, 0.05) is 37.1 Å². The number of ether oxygens (including phenoxy) is 2. The van der Waals surface area contributed by atoms with Crippen molar-refractivity contribution >= 4 is 5.91 Å². The zero-order valence-corrected chi connectivity index (χ0v) is 22.0. The van der Waals surface area contributed by atoms with E-state index in [0.717, 1.165) is 60.9 Å². The van der Waals surface area contributed by atoms with Gasteiger partial charge in [-0.25, -0.2) is 9.97 Å². The van der Waals surface area contributed by atoms with Gasteiger partial charge < -0.3 is 19.9 Å². The number of hydrogen-bond donors (Lipinski definition) is 2. The molecule has 1 aliphatic heterocycles. The molecule has 0 atom stereocenters. The number of aromatic nitrogens is 2. The zero-order valence-electron chi connectivity index (χ0n) is 22.0. The van der Waals surface area contributed by atoms with E-state index >= 15 is 0 Å². The Morgan fingerprint density at radius 3 is 2.64 bits per heavy atom. The van der Waals surface area contributed by atoms with Crippen LogP contribution < -0.4 is 10.1 Å². The van der Waals surface area contributed by atoms with E-state index in [1.165, 1.54) is 0 Å². The molecule has 1 saturated carbocycles. The molecule has 2 fully saturated rings. The smallest absolute Gasteiger partial charge is 0.224 e. The maximum Gasteiger partial charge on any atom is 0.224 e. The Balaban J connectivity index is 1.23. The van der Waals surface area contributed by atoms with Crippen molar-refractivity contribution in [2.75, 3.05) is 13.2 Å². The Morgan fingerprint density at radius 2 is 1.85 bits per heavy atom.